The molecule has 2 aromatic rings. The average molecular weight is 393 g/mol. The van der Waals surface area contributed by atoms with Crippen LogP contribution in [0.1, 0.15) is 22.8 Å². The predicted molar refractivity (Wildman–Crippen MR) is 99.3 cm³/mol. The Morgan fingerprint density at radius 2 is 1.96 bits per heavy atom. The number of rotatable bonds is 6. The van der Waals surface area contributed by atoms with Gasteiger partial charge in [0.05, 0.1) is 23.3 Å². The Labute approximate surface area is 160 Å². The van der Waals surface area contributed by atoms with E-state index >= 15 is 0 Å². The second kappa shape index (κ2) is 8.50. The van der Waals surface area contributed by atoms with Gasteiger partial charge in [-0.2, -0.15) is 0 Å². The first-order valence-corrected chi connectivity index (χ1v) is 8.21. The molecule has 0 aliphatic carbocycles. The predicted octanol–water partition coefficient (Wildman–Crippen LogP) is 3.75. The van der Waals surface area contributed by atoms with Crippen molar-refractivity contribution in [2.24, 2.45) is 0 Å². The average Bonchev–Trinajstić information content (AvgIpc) is 2.64. The second-order valence-corrected chi connectivity index (χ2v) is 6.05. The fourth-order valence-corrected chi connectivity index (χ4v) is 2.35. The van der Waals surface area contributed by atoms with Gasteiger partial charge in [-0.1, -0.05) is 17.7 Å². The number of anilines is 1. The zero-order valence-corrected chi connectivity index (χ0v) is 15.6. The minimum atomic E-state index is -1.14. The molecule has 8 nitrogen and oxygen atoms in total. The Hall–Kier alpha value is -3.13. The van der Waals surface area contributed by atoms with Crippen LogP contribution < -0.4 is 10.1 Å². The zero-order valence-electron chi connectivity index (χ0n) is 14.8. The molecule has 0 aromatic heterocycles. The summed E-state index contributed by atoms with van der Waals surface area (Å²) >= 11 is 6.03. The maximum atomic E-state index is 12.3. The van der Waals surface area contributed by atoms with Crippen LogP contribution in [-0.2, 0) is 9.53 Å². The van der Waals surface area contributed by atoms with Gasteiger partial charge in [0, 0.05) is 23.2 Å². The highest BCUT2D eigenvalue weighted by atomic mass is 35.5. The van der Waals surface area contributed by atoms with Gasteiger partial charge in [-0.3, -0.25) is 14.9 Å². The van der Waals surface area contributed by atoms with Crippen molar-refractivity contribution in [2.45, 2.75) is 20.0 Å². The highest BCUT2D eigenvalue weighted by Gasteiger charge is 2.21. The van der Waals surface area contributed by atoms with Gasteiger partial charge in [0.1, 0.15) is 5.75 Å². The maximum Gasteiger partial charge on any atom is 0.339 e. The maximum absolute atomic E-state index is 12.3. The van der Waals surface area contributed by atoms with Gasteiger partial charge in [0.2, 0.25) is 0 Å². The van der Waals surface area contributed by atoms with E-state index in [0.717, 1.165) is 11.6 Å². The van der Waals surface area contributed by atoms with Crippen molar-refractivity contribution in [3.8, 4) is 5.75 Å². The Kier molecular flexibility index (Phi) is 6.36. The highest BCUT2D eigenvalue weighted by Crippen LogP contribution is 2.31. The molecule has 0 fully saturated rings. The van der Waals surface area contributed by atoms with Crippen LogP contribution in [0.3, 0.4) is 0 Å². The van der Waals surface area contributed by atoms with E-state index in [0.29, 0.717) is 16.5 Å². The molecule has 0 aliphatic heterocycles. The minimum absolute atomic E-state index is 0.0243. The number of amides is 1. The van der Waals surface area contributed by atoms with E-state index in [1.54, 1.807) is 19.1 Å². The monoisotopic (exact) mass is 392 g/mol. The number of nitro benzene ring substituents is 1. The molecule has 0 saturated heterocycles. The smallest absolute Gasteiger partial charge is 0.339 e. The summed E-state index contributed by atoms with van der Waals surface area (Å²) in [6, 6.07) is 8.26. The largest absolute Gasteiger partial charge is 0.495 e. The molecule has 1 unspecified atom stereocenters. The molecule has 0 bridgehead atoms. The van der Waals surface area contributed by atoms with Crippen molar-refractivity contribution in [2.75, 3.05) is 12.4 Å². The number of ether oxygens (including phenoxy) is 2. The van der Waals surface area contributed by atoms with Crippen LogP contribution in [-0.4, -0.2) is 30.0 Å². The number of nitrogens with one attached hydrogen (secondary N) is 1. The number of nitrogens with zero attached hydrogens (tertiary/aromatic N) is 1. The van der Waals surface area contributed by atoms with Crippen molar-refractivity contribution in [3.63, 3.8) is 0 Å². The molecule has 1 N–H and O–H groups in total. The number of hydrogen-bond acceptors (Lipinski definition) is 6. The number of carbonyl (C=O) groups is 2. The number of carbonyl (C=O) groups excluding carboxylic acids is 2. The normalized spacial score (nSPS) is 11.4. The summed E-state index contributed by atoms with van der Waals surface area (Å²) in [5.41, 5.74) is 0.836. The Morgan fingerprint density at radius 1 is 1.26 bits per heavy atom. The molecule has 0 radical (unpaired) electrons. The summed E-state index contributed by atoms with van der Waals surface area (Å²) in [7, 11) is 1.43. The third-order valence-corrected chi connectivity index (χ3v) is 4.09. The van der Waals surface area contributed by atoms with Gasteiger partial charge in [-0.25, -0.2) is 4.79 Å². The minimum Gasteiger partial charge on any atom is -0.495 e. The van der Waals surface area contributed by atoms with Crippen LogP contribution in [0.25, 0.3) is 0 Å². The summed E-state index contributed by atoms with van der Waals surface area (Å²) in [6.07, 6.45) is -1.14. The first kappa shape index (κ1) is 20.2. The van der Waals surface area contributed by atoms with E-state index in [1.807, 2.05) is 0 Å². The van der Waals surface area contributed by atoms with E-state index in [2.05, 4.69) is 5.32 Å². The van der Waals surface area contributed by atoms with Crippen molar-refractivity contribution < 1.29 is 24.0 Å². The van der Waals surface area contributed by atoms with Crippen LogP contribution in [0.4, 0.5) is 11.4 Å². The molecule has 0 spiro atoms. The van der Waals surface area contributed by atoms with E-state index in [9.17, 15) is 19.7 Å². The topological polar surface area (TPSA) is 108 Å². The molecular weight excluding hydrogens is 376 g/mol. The van der Waals surface area contributed by atoms with Gasteiger partial charge in [0.15, 0.2) is 6.10 Å². The number of hydrogen-bond donors (Lipinski definition) is 1. The molecule has 27 heavy (non-hydrogen) atoms. The molecule has 2 aromatic carbocycles. The molecular formula is C18H17ClN2O6. The fourth-order valence-electron chi connectivity index (χ4n) is 2.19. The standard InChI is InChI=1S/C18H17ClN2O6/c1-10-7-15(16(26-3)9-14(10)19)20-17(22)11(2)27-18(23)12-5-4-6-13(8-12)21(24)25/h4-9,11H,1-3H3,(H,20,22). The van der Waals surface area contributed by atoms with Crippen molar-refractivity contribution >= 4 is 34.9 Å². The molecule has 0 heterocycles. The van der Waals surface area contributed by atoms with E-state index in [-0.39, 0.29) is 11.3 Å². The summed E-state index contributed by atoms with van der Waals surface area (Å²) < 4.78 is 10.3. The number of methoxy groups -OCH3 is 1. The van der Waals surface area contributed by atoms with Crippen LogP contribution in [0.2, 0.25) is 5.02 Å². The van der Waals surface area contributed by atoms with Crippen molar-refractivity contribution in [1.82, 2.24) is 0 Å². The van der Waals surface area contributed by atoms with Gasteiger partial charge in [-0.15, -0.1) is 0 Å². The number of nitro groups is 1. The molecule has 9 heteroatoms. The van der Waals surface area contributed by atoms with Crippen LogP contribution in [0.15, 0.2) is 36.4 Å². The van der Waals surface area contributed by atoms with E-state index in [4.69, 9.17) is 21.1 Å². The van der Waals surface area contributed by atoms with Crippen molar-refractivity contribution in [3.05, 3.63) is 62.7 Å². The van der Waals surface area contributed by atoms with E-state index < -0.39 is 22.9 Å². The molecule has 0 saturated carbocycles. The first-order chi connectivity index (χ1) is 12.7. The van der Waals surface area contributed by atoms with E-state index in [1.165, 1.54) is 32.2 Å². The van der Waals surface area contributed by atoms with Gasteiger partial charge in [0.25, 0.3) is 11.6 Å². The van der Waals surface area contributed by atoms with Crippen LogP contribution in [0.5, 0.6) is 5.75 Å². The number of halogens is 1. The first-order valence-electron chi connectivity index (χ1n) is 7.83. The van der Waals surface area contributed by atoms with Crippen molar-refractivity contribution in [1.29, 1.82) is 0 Å². The van der Waals surface area contributed by atoms with Crippen LogP contribution in [0, 0.1) is 17.0 Å². The lowest BCUT2D eigenvalue weighted by Crippen LogP contribution is -2.30. The molecule has 142 valence electrons. The van der Waals surface area contributed by atoms with Gasteiger partial charge in [-0.05, 0) is 31.5 Å². The Bertz CT molecular complexity index is 899. The lowest BCUT2D eigenvalue weighted by Gasteiger charge is -2.16. The summed E-state index contributed by atoms with van der Waals surface area (Å²) in [4.78, 5) is 34.6. The summed E-state index contributed by atoms with van der Waals surface area (Å²) in [5.74, 6) is -1.08. The lowest BCUT2D eigenvalue weighted by molar-refractivity contribution is -0.384. The number of non-ortho nitro benzene ring substituents is 1. The third-order valence-electron chi connectivity index (χ3n) is 3.68. The third kappa shape index (κ3) is 4.95. The lowest BCUT2D eigenvalue weighted by atomic mass is 10.2. The number of esters is 1. The quantitative estimate of drug-likeness (QED) is 0.455. The Balaban J connectivity index is 2.10. The molecule has 1 amide bonds. The van der Waals surface area contributed by atoms with Gasteiger partial charge < -0.3 is 14.8 Å². The number of benzene rings is 2. The number of aryl methyl sites for hydroxylation is 1. The molecule has 1 atom stereocenters. The summed E-state index contributed by atoms with van der Waals surface area (Å²) in [5, 5.41) is 13.9. The van der Waals surface area contributed by atoms with Crippen LogP contribution >= 0.6 is 11.6 Å². The second-order valence-electron chi connectivity index (χ2n) is 5.65. The highest BCUT2D eigenvalue weighted by molar-refractivity contribution is 6.31. The fraction of sp³-hybridized carbons (Fsp3) is 0.222. The zero-order chi connectivity index (χ0) is 20.1. The molecule has 0 aliphatic rings. The van der Waals surface area contributed by atoms with Gasteiger partial charge >= 0.3 is 5.97 Å². The SMILES string of the molecule is COc1cc(Cl)c(C)cc1NC(=O)C(C)OC(=O)c1cccc([N+](=O)[O-])c1. The Morgan fingerprint density at radius 3 is 2.59 bits per heavy atom. The molecule has 2 rings (SSSR count). The summed E-state index contributed by atoms with van der Waals surface area (Å²) in [6.45, 7) is 3.16.